The summed E-state index contributed by atoms with van der Waals surface area (Å²) in [6, 6.07) is 14.8. The average Bonchev–Trinajstić information content (AvgIpc) is 3.33. The lowest BCUT2D eigenvalue weighted by Crippen LogP contribution is -2.41. The van der Waals surface area contributed by atoms with Gasteiger partial charge in [-0.25, -0.2) is 8.78 Å². The first-order valence-electron chi connectivity index (χ1n) is 12.8. The summed E-state index contributed by atoms with van der Waals surface area (Å²) in [5, 5.41) is 5.60. The number of carbonyl (C=O) groups is 2. The molecule has 0 bridgehead atoms. The monoisotopic (exact) mass is 520 g/mol. The number of hydrogen-bond donors (Lipinski definition) is 3. The first kappa shape index (κ1) is 27.3. The number of halogens is 2. The zero-order valence-corrected chi connectivity index (χ0v) is 21.9. The number of carbonyl (C=O) groups excluding carboxylic acids is 2. The van der Waals surface area contributed by atoms with Gasteiger partial charge in [0.2, 0.25) is 11.8 Å². The molecular weight excluding hydrogens is 486 g/mol. The number of nitrogen functional groups attached to an aromatic ring is 1. The Kier molecular flexibility index (Phi) is 8.11. The van der Waals surface area contributed by atoms with Crippen LogP contribution in [0.2, 0.25) is 0 Å². The van der Waals surface area contributed by atoms with Gasteiger partial charge in [-0.05, 0) is 62.6 Å². The van der Waals surface area contributed by atoms with Crippen molar-refractivity contribution in [3.63, 3.8) is 0 Å². The molecule has 1 saturated heterocycles. The van der Waals surface area contributed by atoms with Crippen LogP contribution in [0.25, 0.3) is 6.08 Å². The Labute approximate surface area is 222 Å². The highest BCUT2D eigenvalue weighted by Crippen LogP contribution is 2.37. The second kappa shape index (κ2) is 11.3. The number of anilines is 2. The molecular formula is C30H34F2N4O2. The van der Waals surface area contributed by atoms with Crippen molar-refractivity contribution in [2.45, 2.75) is 45.1 Å². The topological polar surface area (TPSA) is 87.5 Å². The molecule has 2 aromatic carbocycles. The molecule has 1 fully saturated rings. The van der Waals surface area contributed by atoms with Crippen LogP contribution >= 0.6 is 0 Å². The van der Waals surface area contributed by atoms with Gasteiger partial charge in [0.15, 0.2) is 5.83 Å². The molecule has 0 radical (unpaired) electrons. The number of allylic oxidation sites excluding steroid dienone is 4. The van der Waals surface area contributed by atoms with Crippen LogP contribution < -0.4 is 16.4 Å². The molecule has 2 atom stereocenters. The van der Waals surface area contributed by atoms with E-state index in [1.54, 1.807) is 30.3 Å². The van der Waals surface area contributed by atoms with Gasteiger partial charge in [0, 0.05) is 42.7 Å². The molecule has 38 heavy (non-hydrogen) atoms. The number of hydrogen-bond acceptors (Lipinski definition) is 4. The van der Waals surface area contributed by atoms with E-state index in [4.69, 9.17) is 5.73 Å². The van der Waals surface area contributed by atoms with Crippen molar-refractivity contribution >= 4 is 29.3 Å². The molecule has 0 saturated carbocycles. The van der Waals surface area contributed by atoms with Crippen LogP contribution in [-0.2, 0) is 9.59 Å². The van der Waals surface area contributed by atoms with Crippen LogP contribution in [0.1, 0.15) is 50.7 Å². The molecule has 2 aromatic rings. The number of rotatable bonds is 6. The Bertz CT molecular complexity index is 1290. The molecule has 8 heteroatoms. The van der Waals surface area contributed by atoms with Gasteiger partial charge in [-0.15, -0.1) is 0 Å². The Balaban J connectivity index is 1.47. The number of nitrogens with one attached hydrogen (secondary N) is 2. The fraction of sp³-hybridized carbons (Fsp3) is 0.333. The third kappa shape index (κ3) is 6.55. The highest BCUT2D eigenvalue weighted by atomic mass is 19.2. The van der Waals surface area contributed by atoms with E-state index in [1.165, 1.54) is 6.08 Å². The standard InChI is InChI=1S/C30H34F2N4O2/c1-30(2,3)36-17-22(23(18-36)29(38)34-21-13-14-24(31)25(32)16-21)20-11-8-19(9-12-20)10-15-28(37)35-27-7-5-4-6-26(27)33/h4-12,15-16,22-23H,13-14,17-18,33H2,1-3H3,(H,34,38)(H,35,37)/b15-10+. The van der Waals surface area contributed by atoms with E-state index in [0.29, 0.717) is 30.2 Å². The molecule has 2 amide bonds. The lowest BCUT2D eigenvalue weighted by atomic mass is 9.87. The fourth-order valence-electron chi connectivity index (χ4n) is 4.78. The van der Waals surface area contributed by atoms with Crippen molar-refractivity contribution in [2.75, 3.05) is 24.1 Å². The Morgan fingerprint density at radius 1 is 1.00 bits per heavy atom. The van der Waals surface area contributed by atoms with E-state index in [9.17, 15) is 18.4 Å². The Morgan fingerprint density at radius 3 is 2.37 bits per heavy atom. The predicted molar refractivity (Wildman–Crippen MR) is 147 cm³/mol. The SMILES string of the molecule is CC(C)(C)N1CC(C(=O)NC2=CC(F)=C(F)CC2)C(c2ccc(/C=C/C(=O)Nc3ccccc3N)cc2)C1. The minimum absolute atomic E-state index is 0.0497. The molecule has 1 heterocycles. The fourth-order valence-corrected chi connectivity index (χ4v) is 4.78. The van der Waals surface area contributed by atoms with Crippen molar-refractivity contribution in [1.29, 1.82) is 0 Å². The van der Waals surface area contributed by atoms with Crippen LogP contribution in [0.15, 0.2) is 78.0 Å². The van der Waals surface area contributed by atoms with E-state index in [1.807, 2.05) is 24.3 Å². The molecule has 200 valence electrons. The minimum Gasteiger partial charge on any atom is -0.397 e. The number of likely N-dealkylation sites (tertiary alicyclic amines) is 1. The van der Waals surface area contributed by atoms with Gasteiger partial charge in [-0.2, -0.15) is 0 Å². The van der Waals surface area contributed by atoms with Gasteiger partial charge in [-0.1, -0.05) is 36.4 Å². The molecule has 1 aliphatic heterocycles. The maximum atomic E-state index is 13.7. The molecule has 0 spiro atoms. The van der Waals surface area contributed by atoms with Gasteiger partial charge in [-0.3, -0.25) is 14.5 Å². The van der Waals surface area contributed by atoms with Crippen LogP contribution in [0.3, 0.4) is 0 Å². The normalized spacial score (nSPS) is 20.5. The summed E-state index contributed by atoms with van der Waals surface area (Å²) in [6.07, 6.45) is 4.45. The molecule has 1 aliphatic carbocycles. The summed E-state index contributed by atoms with van der Waals surface area (Å²) in [5.74, 6) is -2.60. The van der Waals surface area contributed by atoms with Crippen LogP contribution in [0, 0.1) is 5.92 Å². The van der Waals surface area contributed by atoms with Crippen molar-refractivity contribution < 1.29 is 18.4 Å². The van der Waals surface area contributed by atoms with Crippen molar-refractivity contribution in [1.82, 2.24) is 10.2 Å². The van der Waals surface area contributed by atoms with E-state index in [-0.39, 0.29) is 42.0 Å². The maximum Gasteiger partial charge on any atom is 0.248 e. The lowest BCUT2D eigenvalue weighted by Gasteiger charge is -2.31. The van der Waals surface area contributed by atoms with E-state index < -0.39 is 11.7 Å². The largest absolute Gasteiger partial charge is 0.397 e. The summed E-state index contributed by atoms with van der Waals surface area (Å²) in [6.45, 7) is 7.58. The van der Waals surface area contributed by atoms with E-state index in [2.05, 4.69) is 36.3 Å². The number of nitrogens with zero attached hydrogens (tertiary/aromatic N) is 1. The van der Waals surface area contributed by atoms with Crippen LogP contribution in [0.4, 0.5) is 20.2 Å². The summed E-state index contributed by atoms with van der Waals surface area (Å²) in [7, 11) is 0. The summed E-state index contributed by atoms with van der Waals surface area (Å²) in [5.41, 5.74) is 9.04. The third-order valence-electron chi connectivity index (χ3n) is 7.07. The van der Waals surface area contributed by atoms with Gasteiger partial charge < -0.3 is 16.4 Å². The Hall–Kier alpha value is -3.78. The number of nitrogens with two attached hydrogens (primary N) is 1. The number of para-hydroxylation sites is 2. The van der Waals surface area contributed by atoms with Gasteiger partial charge in [0.25, 0.3) is 0 Å². The molecule has 2 unspecified atom stereocenters. The van der Waals surface area contributed by atoms with Gasteiger partial charge in [0.05, 0.1) is 17.3 Å². The van der Waals surface area contributed by atoms with Crippen molar-refractivity contribution in [3.05, 3.63) is 89.2 Å². The predicted octanol–water partition coefficient (Wildman–Crippen LogP) is 5.68. The number of amides is 2. The summed E-state index contributed by atoms with van der Waals surface area (Å²) in [4.78, 5) is 27.9. The zero-order valence-electron chi connectivity index (χ0n) is 21.9. The molecule has 6 nitrogen and oxygen atoms in total. The quantitative estimate of drug-likeness (QED) is 0.338. The highest BCUT2D eigenvalue weighted by Gasteiger charge is 2.42. The maximum absolute atomic E-state index is 13.7. The smallest absolute Gasteiger partial charge is 0.248 e. The van der Waals surface area contributed by atoms with Crippen molar-refractivity contribution in [2.24, 2.45) is 5.92 Å². The van der Waals surface area contributed by atoms with Crippen LogP contribution in [0.5, 0.6) is 0 Å². The van der Waals surface area contributed by atoms with Crippen LogP contribution in [-0.4, -0.2) is 35.3 Å². The summed E-state index contributed by atoms with van der Waals surface area (Å²) >= 11 is 0. The highest BCUT2D eigenvalue weighted by molar-refractivity contribution is 6.03. The second-order valence-electron chi connectivity index (χ2n) is 10.8. The molecule has 4 rings (SSSR count). The lowest BCUT2D eigenvalue weighted by molar-refractivity contribution is -0.124. The average molecular weight is 521 g/mol. The molecule has 4 N–H and O–H groups in total. The van der Waals surface area contributed by atoms with E-state index >= 15 is 0 Å². The molecule has 0 aromatic heterocycles. The first-order chi connectivity index (χ1) is 18.0. The van der Waals surface area contributed by atoms with Gasteiger partial charge >= 0.3 is 0 Å². The summed E-state index contributed by atoms with van der Waals surface area (Å²) < 4.78 is 27.1. The minimum atomic E-state index is -0.921. The third-order valence-corrected chi connectivity index (χ3v) is 7.07. The second-order valence-corrected chi connectivity index (χ2v) is 10.8. The van der Waals surface area contributed by atoms with Gasteiger partial charge in [0.1, 0.15) is 5.83 Å². The first-order valence-corrected chi connectivity index (χ1v) is 12.8. The number of benzene rings is 2. The Morgan fingerprint density at radius 2 is 1.71 bits per heavy atom. The zero-order chi connectivity index (χ0) is 27.4. The molecule has 2 aliphatic rings. The van der Waals surface area contributed by atoms with Crippen molar-refractivity contribution in [3.8, 4) is 0 Å². The van der Waals surface area contributed by atoms with E-state index in [0.717, 1.165) is 17.2 Å².